The first-order valence-corrected chi connectivity index (χ1v) is 6.74. The zero-order valence-corrected chi connectivity index (χ0v) is 11.6. The molecule has 17 heavy (non-hydrogen) atoms. The van der Waals surface area contributed by atoms with Crippen molar-refractivity contribution in [3.05, 3.63) is 17.5 Å². The monoisotopic (exact) mass is 235 g/mol. The summed E-state index contributed by atoms with van der Waals surface area (Å²) in [6, 6.07) is 2.82. The largest absolute Gasteiger partial charge is 0.314 e. The summed E-state index contributed by atoms with van der Waals surface area (Å²) >= 11 is 0. The van der Waals surface area contributed by atoms with Gasteiger partial charge >= 0.3 is 0 Å². The average Bonchev–Trinajstić information content (AvgIpc) is 2.49. The number of hydrogen-bond donors (Lipinski definition) is 1. The topological polar surface area (TPSA) is 29.9 Å². The molecule has 1 aromatic rings. The van der Waals surface area contributed by atoms with E-state index in [1.807, 2.05) is 4.68 Å². The van der Waals surface area contributed by atoms with Crippen LogP contribution >= 0.6 is 0 Å². The molecule has 96 valence electrons. The van der Waals surface area contributed by atoms with Gasteiger partial charge in [-0.3, -0.25) is 4.68 Å². The van der Waals surface area contributed by atoms with Crippen molar-refractivity contribution in [1.82, 2.24) is 15.1 Å². The van der Waals surface area contributed by atoms with E-state index >= 15 is 0 Å². The minimum atomic E-state index is 0.491. The molecule has 0 spiro atoms. The Morgan fingerprint density at radius 2 is 2.18 bits per heavy atom. The first-order valence-electron chi connectivity index (χ1n) is 6.74. The molecule has 1 fully saturated rings. The fourth-order valence-electron chi connectivity index (χ4n) is 2.73. The molecule has 1 heterocycles. The second-order valence-electron chi connectivity index (χ2n) is 5.97. The molecule has 0 unspecified atom stereocenters. The molecule has 0 radical (unpaired) electrons. The van der Waals surface area contributed by atoms with Crippen molar-refractivity contribution in [1.29, 1.82) is 0 Å². The van der Waals surface area contributed by atoms with Crippen LogP contribution in [0, 0.1) is 12.3 Å². The molecule has 0 amide bonds. The molecule has 0 atom stereocenters. The highest BCUT2D eigenvalue weighted by atomic mass is 15.3. The molecule has 1 aromatic heterocycles. The van der Waals surface area contributed by atoms with Gasteiger partial charge < -0.3 is 5.32 Å². The van der Waals surface area contributed by atoms with Crippen LogP contribution in [0.25, 0.3) is 0 Å². The van der Waals surface area contributed by atoms with Crippen molar-refractivity contribution < 1.29 is 0 Å². The fraction of sp³-hybridized carbons (Fsp3) is 0.786. The molecule has 0 bridgehead atoms. The maximum Gasteiger partial charge on any atom is 0.0596 e. The number of nitrogens with zero attached hydrogens (tertiary/aromatic N) is 2. The summed E-state index contributed by atoms with van der Waals surface area (Å²) in [5.74, 6) is 0. The third-order valence-corrected chi connectivity index (χ3v) is 3.95. The Balaban J connectivity index is 2.01. The van der Waals surface area contributed by atoms with E-state index in [1.54, 1.807) is 0 Å². The van der Waals surface area contributed by atoms with Crippen LogP contribution < -0.4 is 5.32 Å². The molecular weight excluding hydrogens is 210 g/mol. The first kappa shape index (κ1) is 12.6. The smallest absolute Gasteiger partial charge is 0.0596 e. The SMILES string of the molecule is Cc1cc(CC2(CNC(C)C)CCC2)n(C)n1. The van der Waals surface area contributed by atoms with E-state index in [4.69, 9.17) is 0 Å². The van der Waals surface area contributed by atoms with Crippen molar-refractivity contribution in [2.75, 3.05) is 6.54 Å². The van der Waals surface area contributed by atoms with Crippen molar-refractivity contribution in [2.24, 2.45) is 12.5 Å². The molecule has 1 saturated carbocycles. The van der Waals surface area contributed by atoms with Crippen molar-refractivity contribution >= 4 is 0 Å². The highest BCUT2D eigenvalue weighted by Gasteiger charge is 2.37. The molecule has 2 rings (SSSR count). The summed E-state index contributed by atoms with van der Waals surface area (Å²) in [7, 11) is 2.06. The van der Waals surface area contributed by atoms with Crippen LogP contribution in [-0.2, 0) is 13.5 Å². The lowest BCUT2D eigenvalue weighted by Gasteiger charge is -2.42. The van der Waals surface area contributed by atoms with E-state index in [0.717, 1.165) is 12.2 Å². The Bertz CT molecular complexity index is 375. The molecule has 1 aliphatic rings. The number of aromatic nitrogens is 2. The average molecular weight is 235 g/mol. The standard InChI is InChI=1S/C14H25N3/c1-11(2)15-10-14(6-5-7-14)9-13-8-12(3)16-17(13)4/h8,11,15H,5-7,9-10H2,1-4H3. The van der Waals surface area contributed by atoms with Gasteiger partial charge in [0, 0.05) is 25.3 Å². The van der Waals surface area contributed by atoms with Gasteiger partial charge in [-0.2, -0.15) is 5.10 Å². The summed E-state index contributed by atoms with van der Waals surface area (Å²) in [4.78, 5) is 0. The molecule has 0 saturated heterocycles. The van der Waals surface area contributed by atoms with Gasteiger partial charge in [0.2, 0.25) is 0 Å². The molecule has 1 aliphatic carbocycles. The molecule has 3 nitrogen and oxygen atoms in total. The van der Waals surface area contributed by atoms with E-state index in [-0.39, 0.29) is 0 Å². The Labute approximate surface area is 105 Å². The van der Waals surface area contributed by atoms with Gasteiger partial charge in [-0.05, 0) is 37.7 Å². The minimum Gasteiger partial charge on any atom is -0.314 e. The summed E-state index contributed by atoms with van der Waals surface area (Å²) in [5.41, 5.74) is 3.01. The highest BCUT2D eigenvalue weighted by molar-refractivity contribution is 5.12. The zero-order chi connectivity index (χ0) is 12.5. The predicted molar refractivity (Wildman–Crippen MR) is 71.1 cm³/mol. The van der Waals surface area contributed by atoms with Crippen LogP contribution in [-0.4, -0.2) is 22.4 Å². The van der Waals surface area contributed by atoms with Gasteiger partial charge in [-0.1, -0.05) is 20.3 Å². The van der Waals surface area contributed by atoms with Gasteiger partial charge in [0.25, 0.3) is 0 Å². The lowest BCUT2D eigenvalue weighted by Crippen LogP contribution is -2.44. The zero-order valence-electron chi connectivity index (χ0n) is 11.6. The van der Waals surface area contributed by atoms with Gasteiger partial charge in [0.1, 0.15) is 0 Å². The number of hydrogen-bond acceptors (Lipinski definition) is 2. The molecular formula is C14H25N3. The third kappa shape index (κ3) is 2.89. The Kier molecular flexibility index (Phi) is 3.57. The number of rotatable bonds is 5. The molecule has 1 N–H and O–H groups in total. The molecule has 0 aliphatic heterocycles. The second-order valence-corrected chi connectivity index (χ2v) is 5.97. The third-order valence-electron chi connectivity index (χ3n) is 3.95. The van der Waals surface area contributed by atoms with E-state index in [0.29, 0.717) is 11.5 Å². The van der Waals surface area contributed by atoms with E-state index < -0.39 is 0 Å². The van der Waals surface area contributed by atoms with Gasteiger partial charge in [-0.15, -0.1) is 0 Å². The lowest BCUT2D eigenvalue weighted by atomic mass is 9.66. The number of aryl methyl sites for hydroxylation is 2. The van der Waals surface area contributed by atoms with Gasteiger partial charge in [-0.25, -0.2) is 0 Å². The minimum absolute atomic E-state index is 0.491. The van der Waals surface area contributed by atoms with E-state index in [1.165, 1.54) is 31.4 Å². The highest BCUT2D eigenvalue weighted by Crippen LogP contribution is 2.43. The van der Waals surface area contributed by atoms with Crippen LogP contribution in [0.2, 0.25) is 0 Å². The van der Waals surface area contributed by atoms with E-state index in [9.17, 15) is 0 Å². The van der Waals surface area contributed by atoms with Crippen LogP contribution in [0.5, 0.6) is 0 Å². The normalized spacial score (nSPS) is 18.4. The Morgan fingerprint density at radius 3 is 2.59 bits per heavy atom. The Hall–Kier alpha value is -0.830. The molecule has 0 aromatic carbocycles. The summed E-state index contributed by atoms with van der Waals surface area (Å²) < 4.78 is 2.05. The van der Waals surface area contributed by atoms with Crippen LogP contribution in [0.3, 0.4) is 0 Å². The Morgan fingerprint density at radius 1 is 1.47 bits per heavy atom. The van der Waals surface area contributed by atoms with Crippen LogP contribution in [0.4, 0.5) is 0 Å². The summed E-state index contributed by atoms with van der Waals surface area (Å²) in [6.45, 7) is 7.67. The maximum atomic E-state index is 4.45. The van der Waals surface area contributed by atoms with E-state index in [2.05, 4.69) is 44.3 Å². The predicted octanol–water partition coefficient (Wildman–Crippen LogP) is 2.44. The first-order chi connectivity index (χ1) is 8.01. The fourth-order valence-corrected chi connectivity index (χ4v) is 2.73. The summed E-state index contributed by atoms with van der Waals surface area (Å²) in [6.07, 6.45) is 5.27. The van der Waals surface area contributed by atoms with Crippen molar-refractivity contribution in [3.63, 3.8) is 0 Å². The maximum absolute atomic E-state index is 4.45. The second kappa shape index (κ2) is 4.81. The number of nitrogens with one attached hydrogen (secondary N) is 1. The van der Waals surface area contributed by atoms with Crippen molar-refractivity contribution in [3.8, 4) is 0 Å². The van der Waals surface area contributed by atoms with Crippen molar-refractivity contribution in [2.45, 2.75) is 52.5 Å². The molecule has 3 heteroatoms. The van der Waals surface area contributed by atoms with Crippen LogP contribution in [0.1, 0.15) is 44.5 Å². The van der Waals surface area contributed by atoms with Crippen LogP contribution in [0.15, 0.2) is 6.07 Å². The lowest BCUT2D eigenvalue weighted by molar-refractivity contribution is 0.124. The van der Waals surface area contributed by atoms with Gasteiger partial charge in [0.05, 0.1) is 5.69 Å². The van der Waals surface area contributed by atoms with Gasteiger partial charge in [0.15, 0.2) is 0 Å². The quantitative estimate of drug-likeness (QED) is 0.849. The summed E-state index contributed by atoms with van der Waals surface area (Å²) in [5, 5.41) is 8.05.